The first-order valence-electron chi connectivity index (χ1n) is 8.73. The summed E-state index contributed by atoms with van der Waals surface area (Å²) >= 11 is 0. The summed E-state index contributed by atoms with van der Waals surface area (Å²) in [6, 6.07) is 19.1. The summed E-state index contributed by atoms with van der Waals surface area (Å²) in [7, 11) is 0. The first kappa shape index (κ1) is 17.6. The number of aliphatic hydroxyl groups excluding tert-OH is 2. The van der Waals surface area contributed by atoms with Gasteiger partial charge in [-0.2, -0.15) is 0 Å². The van der Waals surface area contributed by atoms with Gasteiger partial charge in [-0.1, -0.05) is 60.7 Å². The van der Waals surface area contributed by atoms with E-state index < -0.39 is 43.6 Å². The van der Waals surface area contributed by atoms with Gasteiger partial charge in [0.1, 0.15) is 24.4 Å². The van der Waals surface area contributed by atoms with Crippen molar-refractivity contribution in [3.63, 3.8) is 0 Å². The molecular weight excluding hydrogens is 336 g/mol. The Balaban J connectivity index is 1.56. The van der Waals surface area contributed by atoms with Crippen LogP contribution in [0.2, 0.25) is 0 Å². The van der Waals surface area contributed by atoms with Crippen molar-refractivity contribution in [1.29, 1.82) is 0 Å². The van der Waals surface area contributed by atoms with E-state index in [4.69, 9.17) is 18.9 Å². The molecule has 6 nitrogen and oxygen atoms in total. The van der Waals surface area contributed by atoms with Crippen LogP contribution in [0.15, 0.2) is 60.7 Å². The zero-order chi connectivity index (χ0) is 17.9. The molecular formula is C20H22O6. The Labute approximate surface area is 151 Å². The third-order valence-corrected chi connectivity index (χ3v) is 4.67. The summed E-state index contributed by atoms with van der Waals surface area (Å²) in [5.41, 5.74) is 1.72. The molecule has 0 spiro atoms. The molecule has 6 atom stereocenters. The van der Waals surface area contributed by atoms with Gasteiger partial charge in [-0.3, -0.25) is 0 Å². The second kappa shape index (κ2) is 7.84. The number of ether oxygens (including phenoxy) is 4. The molecule has 2 N–H and O–H groups in total. The number of hydrogen-bond donors (Lipinski definition) is 2. The maximum absolute atomic E-state index is 10.3. The van der Waals surface area contributed by atoms with Gasteiger partial charge in [0.05, 0.1) is 13.2 Å². The lowest BCUT2D eigenvalue weighted by molar-refractivity contribution is -0.373. The van der Waals surface area contributed by atoms with Crippen LogP contribution in [0.3, 0.4) is 0 Å². The fraction of sp³-hybridized carbons (Fsp3) is 0.400. The van der Waals surface area contributed by atoms with Crippen LogP contribution in [0.5, 0.6) is 0 Å². The molecule has 0 saturated carbocycles. The summed E-state index contributed by atoms with van der Waals surface area (Å²) in [6.45, 7) is -0.110. The Morgan fingerprint density at radius 1 is 0.846 bits per heavy atom. The molecule has 2 aliphatic heterocycles. The minimum Gasteiger partial charge on any atom is -0.394 e. The van der Waals surface area contributed by atoms with Crippen LogP contribution in [-0.2, 0) is 18.9 Å². The smallest absolute Gasteiger partial charge is 0.184 e. The molecule has 0 aliphatic carbocycles. The highest BCUT2D eigenvalue weighted by Gasteiger charge is 2.48. The molecule has 4 rings (SSSR count). The minimum atomic E-state index is -1.08. The number of benzene rings is 2. The van der Waals surface area contributed by atoms with Crippen LogP contribution in [-0.4, -0.2) is 47.8 Å². The predicted octanol–water partition coefficient (Wildman–Crippen LogP) is 1.94. The van der Waals surface area contributed by atoms with Crippen LogP contribution in [0, 0.1) is 0 Å². The Morgan fingerprint density at radius 3 is 2.08 bits per heavy atom. The van der Waals surface area contributed by atoms with Crippen molar-refractivity contribution in [2.75, 3.05) is 13.2 Å². The molecule has 2 aromatic carbocycles. The normalized spacial score (nSPS) is 32.6. The summed E-state index contributed by atoms with van der Waals surface area (Å²) in [5.74, 6) is 0. The van der Waals surface area contributed by atoms with Crippen LogP contribution in [0.25, 0.3) is 0 Å². The molecule has 138 valence electrons. The molecule has 2 fully saturated rings. The van der Waals surface area contributed by atoms with E-state index in [1.54, 1.807) is 0 Å². The number of aliphatic hydroxyl groups is 2. The molecule has 0 aromatic heterocycles. The van der Waals surface area contributed by atoms with Crippen molar-refractivity contribution >= 4 is 0 Å². The summed E-state index contributed by atoms with van der Waals surface area (Å²) in [4.78, 5) is 0. The van der Waals surface area contributed by atoms with Crippen molar-refractivity contribution < 1.29 is 29.2 Å². The van der Waals surface area contributed by atoms with Crippen LogP contribution < -0.4 is 0 Å². The van der Waals surface area contributed by atoms with E-state index in [0.717, 1.165) is 11.1 Å². The van der Waals surface area contributed by atoms with E-state index in [-0.39, 0.29) is 0 Å². The fourth-order valence-electron chi connectivity index (χ4n) is 3.33. The van der Waals surface area contributed by atoms with E-state index in [9.17, 15) is 10.2 Å². The molecule has 6 heteroatoms. The molecule has 0 amide bonds. The molecule has 26 heavy (non-hydrogen) atoms. The van der Waals surface area contributed by atoms with Crippen LogP contribution in [0.4, 0.5) is 0 Å². The first-order valence-corrected chi connectivity index (χ1v) is 8.73. The first-order chi connectivity index (χ1) is 12.8. The standard InChI is InChI=1S/C20H22O6/c21-11-15(22)17-18-16(24-20(25-17)14-9-5-2-6-10-14)12-23-19(26-18)13-7-3-1-4-8-13/h1-10,15-22H,11-12H2/t15-,16+,17-,18+,19-,20+/m0/s1. The number of hydrogen-bond acceptors (Lipinski definition) is 6. The molecule has 2 heterocycles. The maximum Gasteiger partial charge on any atom is 0.184 e. The Bertz CT molecular complexity index is 692. The number of rotatable bonds is 4. The minimum absolute atomic E-state index is 0.311. The van der Waals surface area contributed by atoms with Crippen LogP contribution >= 0.6 is 0 Å². The van der Waals surface area contributed by atoms with Gasteiger partial charge in [0.2, 0.25) is 0 Å². The zero-order valence-electron chi connectivity index (χ0n) is 14.2. The molecule has 2 aliphatic rings. The quantitative estimate of drug-likeness (QED) is 0.870. The number of fused-ring (bicyclic) bond motifs is 1. The predicted molar refractivity (Wildman–Crippen MR) is 92.0 cm³/mol. The van der Waals surface area contributed by atoms with Gasteiger partial charge in [0, 0.05) is 11.1 Å². The van der Waals surface area contributed by atoms with E-state index >= 15 is 0 Å². The topological polar surface area (TPSA) is 77.4 Å². The lowest BCUT2D eigenvalue weighted by Crippen LogP contribution is -2.58. The fourth-order valence-corrected chi connectivity index (χ4v) is 3.33. The van der Waals surface area contributed by atoms with Crippen molar-refractivity contribution in [2.24, 2.45) is 0 Å². The van der Waals surface area contributed by atoms with Crippen LogP contribution in [0.1, 0.15) is 23.7 Å². The van der Waals surface area contributed by atoms with Gasteiger partial charge < -0.3 is 29.2 Å². The van der Waals surface area contributed by atoms with E-state index in [1.807, 2.05) is 60.7 Å². The third kappa shape index (κ3) is 3.53. The average molecular weight is 358 g/mol. The van der Waals surface area contributed by atoms with Crippen molar-refractivity contribution in [2.45, 2.75) is 37.0 Å². The highest BCUT2D eigenvalue weighted by atomic mass is 16.8. The zero-order valence-corrected chi connectivity index (χ0v) is 14.2. The highest BCUT2D eigenvalue weighted by molar-refractivity contribution is 5.18. The van der Waals surface area contributed by atoms with Gasteiger partial charge in [-0.25, -0.2) is 0 Å². The van der Waals surface area contributed by atoms with Gasteiger partial charge >= 0.3 is 0 Å². The summed E-state index contributed by atoms with van der Waals surface area (Å²) in [6.07, 6.45) is -3.96. The van der Waals surface area contributed by atoms with Gasteiger partial charge in [0.25, 0.3) is 0 Å². The van der Waals surface area contributed by atoms with Crippen molar-refractivity contribution in [3.8, 4) is 0 Å². The second-order valence-electron chi connectivity index (χ2n) is 6.44. The molecule has 2 aromatic rings. The molecule has 0 unspecified atom stereocenters. The van der Waals surface area contributed by atoms with Crippen molar-refractivity contribution in [1.82, 2.24) is 0 Å². The summed E-state index contributed by atoms with van der Waals surface area (Å²) in [5, 5.41) is 19.8. The lowest BCUT2D eigenvalue weighted by atomic mass is 9.99. The summed E-state index contributed by atoms with van der Waals surface area (Å²) < 4.78 is 23.9. The largest absolute Gasteiger partial charge is 0.394 e. The SMILES string of the molecule is OC[C@H](O)[C@@H]1O[C@H](c2ccccc2)O[C@@H]2CO[C@H](c3ccccc3)O[C@@H]12. The van der Waals surface area contributed by atoms with E-state index in [2.05, 4.69) is 0 Å². The van der Waals surface area contributed by atoms with Gasteiger partial charge in [-0.05, 0) is 0 Å². The van der Waals surface area contributed by atoms with E-state index in [0.29, 0.717) is 6.61 Å². The molecule has 0 bridgehead atoms. The molecule has 0 radical (unpaired) electrons. The highest BCUT2D eigenvalue weighted by Crippen LogP contribution is 2.38. The van der Waals surface area contributed by atoms with Gasteiger partial charge in [0.15, 0.2) is 12.6 Å². The van der Waals surface area contributed by atoms with Crippen molar-refractivity contribution in [3.05, 3.63) is 71.8 Å². The maximum atomic E-state index is 10.3. The van der Waals surface area contributed by atoms with Gasteiger partial charge in [-0.15, -0.1) is 0 Å². The Kier molecular flexibility index (Phi) is 5.31. The monoisotopic (exact) mass is 358 g/mol. The Hall–Kier alpha value is -1.80. The Morgan fingerprint density at radius 2 is 1.46 bits per heavy atom. The second-order valence-corrected chi connectivity index (χ2v) is 6.44. The van der Waals surface area contributed by atoms with E-state index in [1.165, 1.54) is 0 Å². The lowest BCUT2D eigenvalue weighted by Gasteiger charge is -2.47. The molecule has 2 saturated heterocycles. The third-order valence-electron chi connectivity index (χ3n) is 4.67. The average Bonchev–Trinajstić information content (AvgIpc) is 2.73.